The molecule has 1 fully saturated rings. The maximum atomic E-state index is 12.4. The van der Waals surface area contributed by atoms with Crippen molar-refractivity contribution in [2.75, 3.05) is 18.0 Å². The van der Waals surface area contributed by atoms with Crippen molar-refractivity contribution in [1.82, 2.24) is 10.3 Å². The molecule has 0 bridgehead atoms. The van der Waals surface area contributed by atoms with Crippen molar-refractivity contribution in [2.45, 2.75) is 32.2 Å². The largest absolute Gasteiger partial charge is 0.370 e. The molecule has 1 aliphatic heterocycles. The Bertz CT molecular complexity index is 634. The molecule has 0 spiro atoms. The van der Waals surface area contributed by atoms with Crippen LogP contribution in [0.15, 0.2) is 48.8 Å². The number of hydrogen-bond donors (Lipinski definition) is 1. The SMILES string of the molecule is O=C(NCc1ccccc1)c1cncc(N2CCCCCC2)c1. The highest BCUT2D eigenvalue weighted by atomic mass is 16.1. The fraction of sp³-hybridized carbons (Fsp3) is 0.368. The average Bonchev–Trinajstić information content (AvgIpc) is 2.90. The number of benzene rings is 1. The number of anilines is 1. The molecule has 0 aliphatic carbocycles. The van der Waals surface area contributed by atoms with Gasteiger partial charge in [0.25, 0.3) is 5.91 Å². The first-order chi connectivity index (χ1) is 11.3. The number of pyridine rings is 1. The summed E-state index contributed by atoms with van der Waals surface area (Å²) in [5.74, 6) is -0.0713. The van der Waals surface area contributed by atoms with Crippen molar-refractivity contribution in [3.63, 3.8) is 0 Å². The van der Waals surface area contributed by atoms with E-state index in [4.69, 9.17) is 0 Å². The van der Waals surface area contributed by atoms with E-state index in [1.54, 1.807) is 6.20 Å². The maximum Gasteiger partial charge on any atom is 0.253 e. The molecule has 1 aromatic carbocycles. The summed E-state index contributed by atoms with van der Waals surface area (Å²) in [4.78, 5) is 19.0. The zero-order valence-corrected chi connectivity index (χ0v) is 13.4. The van der Waals surface area contributed by atoms with Crippen molar-refractivity contribution >= 4 is 11.6 Å². The molecule has 0 unspecified atom stereocenters. The Balaban J connectivity index is 1.65. The molecule has 3 rings (SSSR count). The summed E-state index contributed by atoms with van der Waals surface area (Å²) in [6.45, 7) is 2.64. The molecule has 0 atom stereocenters. The van der Waals surface area contributed by atoms with Gasteiger partial charge in [0, 0.05) is 25.8 Å². The molecular formula is C19H23N3O. The third-order valence-corrected chi connectivity index (χ3v) is 4.25. The molecule has 1 aliphatic rings. The van der Waals surface area contributed by atoms with E-state index >= 15 is 0 Å². The summed E-state index contributed by atoms with van der Waals surface area (Å²) < 4.78 is 0. The molecule has 2 heterocycles. The highest BCUT2D eigenvalue weighted by Crippen LogP contribution is 2.19. The fourth-order valence-electron chi connectivity index (χ4n) is 2.93. The second-order valence-electron chi connectivity index (χ2n) is 6.00. The van der Waals surface area contributed by atoms with Crippen LogP contribution in [0.5, 0.6) is 0 Å². The van der Waals surface area contributed by atoms with E-state index in [2.05, 4.69) is 15.2 Å². The Hall–Kier alpha value is -2.36. The fourth-order valence-corrected chi connectivity index (χ4v) is 2.93. The summed E-state index contributed by atoms with van der Waals surface area (Å²) >= 11 is 0. The van der Waals surface area contributed by atoms with Crippen molar-refractivity contribution in [1.29, 1.82) is 0 Å². The van der Waals surface area contributed by atoms with Crippen LogP contribution in [0.1, 0.15) is 41.6 Å². The van der Waals surface area contributed by atoms with Gasteiger partial charge in [-0.1, -0.05) is 43.2 Å². The van der Waals surface area contributed by atoms with E-state index < -0.39 is 0 Å². The van der Waals surface area contributed by atoms with E-state index in [9.17, 15) is 4.79 Å². The van der Waals surface area contributed by atoms with Crippen molar-refractivity contribution < 1.29 is 4.79 Å². The summed E-state index contributed by atoms with van der Waals surface area (Å²) in [5.41, 5.74) is 2.78. The number of rotatable bonds is 4. The average molecular weight is 309 g/mol. The molecule has 120 valence electrons. The smallest absolute Gasteiger partial charge is 0.253 e. The van der Waals surface area contributed by atoms with Gasteiger partial charge in [0.05, 0.1) is 17.4 Å². The van der Waals surface area contributed by atoms with Crippen molar-refractivity contribution in [2.24, 2.45) is 0 Å². The summed E-state index contributed by atoms with van der Waals surface area (Å²) in [7, 11) is 0. The van der Waals surface area contributed by atoms with Crippen LogP contribution < -0.4 is 10.2 Å². The van der Waals surface area contributed by atoms with E-state index in [0.717, 1.165) is 24.3 Å². The lowest BCUT2D eigenvalue weighted by atomic mass is 10.2. The predicted octanol–water partition coefficient (Wildman–Crippen LogP) is 3.39. The molecule has 1 aromatic heterocycles. The van der Waals surface area contributed by atoms with Crippen LogP contribution >= 0.6 is 0 Å². The van der Waals surface area contributed by atoms with Gasteiger partial charge in [0.15, 0.2) is 0 Å². The first-order valence-corrected chi connectivity index (χ1v) is 8.35. The van der Waals surface area contributed by atoms with Crippen LogP contribution in [0.25, 0.3) is 0 Å². The van der Waals surface area contributed by atoms with Gasteiger partial charge in [0.1, 0.15) is 0 Å². The highest BCUT2D eigenvalue weighted by Gasteiger charge is 2.13. The Morgan fingerprint density at radius 1 is 1.04 bits per heavy atom. The third-order valence-electron chi connectivity index (χ3n) is 4.25. The lowest BCUT2D eigenvalue weighted by Gasteiger charge is -2.22. The van der Waals surface area contributed by atoms with Crippen molar-refractivity contribution in [3.05, 3.63) is 59.9 Å². The summed E-state index contributed by atoms with van der Waals surface area (Å²) in [5, 5.41) is 2.96. The number of carbonyl (C=O) groups is 1. The first kappa shape index (κ1) is 15.5. The number of nitrogens with one attached hydrogen (secondary N) is 1. The molecule has 2 aromatic rings. The second kappa shape index (κ2) is 7.77. The van der Waals surface area contributed by atoms with Gasteiger partial charge in [-0.05, 0) is 24.5 Å². The molecule has 23 heavy (non-hydrogen) atoms. The minimum atomic E-state index is -0.0713. The van der Waals surface area contributed by atoms with E-state index in [0.29, 0.717) is 12.1 Å². The molecule has 0 saturated carbocycles. The van der Waals surface area contributed by atoms with Gasteiger partial charge < -0.3 is 10.2 Å². The van der Waals surface area contributed by atoms with E-state index in [1.165, 1.54) is 25.7 Å². The van der Waals surface area contributed by atoms with Gasteiger partial charge in [-0.25, -0.2) is 0 Å². The summed E-state index contributed by atoms with van der Waals surface area (Å²) in [6, 6.07) is 11.9. The molecule has 0 radical (unpaired) electrons. The molecule has 4 heteroatoms. The molecule has 1 saturated heterocycles. The van der Waals surface area contributed by atoms with Crippen LogP contribution in [-0.2, 0) is 6.54 Å². The number of carbonyl (C=O) groups excluding carboxylic acids is 1. The first-order valence-electron chi connectivity index (χ1n) is 8.35. The van der Waals surface area contributed by atoms with Gasteiger partial charge in [-0.15, -0.1) is 0 Å². The minimum absolute atomic E-state index is 0.0713. The van der Waals surface area contributed by atoms with E-state index in [-0.39, 0.29) is 5.91 Å². The Morgan fingerprint density at radius 3 is 2.52 bits per heavy atom. The van der Waals surface area contributed by atoms with Crippen LogP contribution in [0.3, 0.4) is 0 Å². The normalized spacial score (nSPS) is 15.0. The number of aromatic nitrogens is 1. The molecule has 4 nitrogen and oxygen atoms in total. The van der Waals surface area contributed by atoms with Crippen LogP contribution in [0.4, 0.5) is 5.69 Å². The van der Waals surface area contributed by atoms with Crippen LogP contribution in [-0.4, -0.2) is 24.0 Å². The van der Waals surface area contributed by atoms with Crippen LogP contribution in [0.2, 0.25) is 0 Å². The maximum absolute atomic E-state index is 12.4. The highest BCUT2D eigenvalue weighted by molar-refractivity contribution is 5.94. The molecule has 1 amide bonds. The topological polar surface area (TPSA) is 45.2 Å². The van der Waals surface area contributed by atoms with Crippen molar-refractivity contribution in [3.8, 4) is 0 Å². The zero-order chi connectivity index (χ0) is 15.9. The third kappa shape index (κ3) is 4.31. The Labute approximate surface area is 137 Å². The Kier molecular flexibility index (Phi) is 5.25. The Morgan fingerprint density at radius 2 is 1.78 bits per heavy atom. The second-order valence-corrected chi connectivity index (χ2v) is 6.00. The molecule has 1 N–H and O–H groups in total. The monoisotopic (exact) mass is 309 g/mol. The lowest BCUT2D eigenvalue weighted by Crippen LogP contribution is -2.26. The number of amides is 1. The predicted molar refractivity (Wildman–Crippen MR) is 92.5 cm³/mol. The van der Waals surface area contributed by atoms with Gasteiger partial charge in [-0.2, -0.15) is 0 Å². The van der Waals surface area contributed by atoms with Gasteiger partial charge in [0.2, 0.25) is 0 Å². The number of hydrogen-bond acceptors (Lipinski definition) is 3. The number of nitrogens with zero attached hydrogens (tertiary/aromatic N) is 2. The van der Waals surface area contributed by atoms with E-state index in [1.807, 2.05) is 42.6 Å². The standard InChI is InChI=1S/C19H23N3O/c23-19(21-13-16-8-4-3-5-9-16)17-12-18(15-20-14-17)22-10-6-1-2-7-11-22/h3-5,8-9,12,14-15H,1-2,6-7,10-11,13H2,(H,21,23). The zero-order valence-electron chi connectivity index (χ0n) is 13.4. The van der Waals surface area contributed by atoms with Gasteiger partial charge in [-0.3, -0.25) is 9.78 Å². The minimum Gasteiger partial charge on any atom is -0.370 e. The summed E-state index contributed by atoms with van der Waals surface area (Å²) in [6.07, 6.45) is 8.51. The lowest BCUT2D eigenvalue weighted by molar-refractivity contribution is 0.0950. The quantitative estimate of drug-likeness (QED) is 0.941. The molecular weight excluding hydrogens is 286 g/mol. The van der Waals surface area contributed by atoms with Gasteiger partial charge >= 0.3 is 0 Å². The van der Waals surface area contributed by atoms with Crippen LogP contribution in [0, 0.1) is 0 Å².